The second-order valence-corrected chi connectivity index (χ2v) is 5.79. The summed E-state index contributed by atoms with van der Waals surface area (Å²) < 4.78 is 38.9. The van der Waals surface area contributed by atoms with Crippen LogP contribution in [0.2, 0.25) is 0 Å². The molecule has 0 aliphatic rings. The SMILES string of the molecule is CCc1ccc(-c2nnn(CC(=O)Nc3ccccc3C(F)(F)F)n2)cc1. The van der Waals surface area contributed by atoms with Crippen LogP contribution < -0.4 is 5.32 Å². The van der Waals surface area contributed by atoms with Gasteiger partial charge in [0.1, 0.15) is 6.54 Å². The lowest BCUT2D eigenvalue weighted by Gasteiger charge is -2.13. The number of halogens is 3. The molecule has 1 amide bonds. The number of tetrazole rings is 1. The van der Waals surface area contributed by atoms with Gasteiger partial charge in [0.05, 0.1) is 11.3 Å². The van der Waals surface area contributed by atoms with E-state index in [1.807, 2.05) is 31.2 Å². The Balaban J connectivity index is 1.70. The number of rotatable bonds is 5. The van der Waals surface area contributed by atoms with Crippen molar-refractivity contribution in [3.63, 3.8) is 0 Å². The fraction of sp³-hybridized carbons (Fsp3) is 0.222. The Morgan fingerprint density at radius 1 is 1.11 bits per heavy atom. The quantitative estimate of drug-likeness (QED) is 0.740. The summed E-state index contributed by atoms with van der Waals surface area (Å²) >= 11 is 0. The van der Waals surface area contributed by atoms with Crippen molar-refractivity contribution in [1.29, 1.82) is 0 Å². The van der Waals surface area contributed by atoms with Crippen molar-refractivity contribution in [1.82, 2.24) is 20.2 Å². The van der Waals surface area contributed by atoms with Gasteiger partial charge in [0, 0.05) is 5.56 Å². The summed E-state index contributed by atoms with van der Waals surface area (Å²) in [7, 11) is 0. The third kappa shape index (κ3) is 4.49. The van der Waals surface area contributed by atoms with E-state index in [1.165, 1.54) is 18.2 Å². The lowest BCUT2D eigenvalue weighted by Crippen LogP contribution is -2.22. The highest BCUT2D eigenvalue weighted by atomic mass is 19.4. The molecule has 6 nitrogen and oxygen atoms in total. The zero-order valence-electron chi connectivity index (χ0n) is 14.4. The van der Waals surface area contributed by atoms with Crippen LogP contribution in [-0.4, -0.2) is 26.1 Å². The number of aryl methyl sites for hydroxylation is 1. The molecule has 0 radical (unpaired) electrons. The molecule has 27 heavy (non-hydrogen) atoms. The van der Waals surface area contributed by atoms with Crippen LogP contribution in [-0.2, 0) is 23.9 Å². The van der Waals surface area contributed by atoms with E-state index in [1.54, 1.807) is 0 Å². The van der Waals surface area contributed by atoms with E-state index in [0.29, 0.717) is 5.82 Å². The summed E-state index contributed by atoms with van der Waals surface area (Å²) in [4.78, 5) is 13.1. The van der Waals surface area contributed by atoms with Crippen molar-refractivity contribution in [3.05, 3.63) is 59.7 Å². The Morgan fingerprint density at radius 3 is 2.48 bits per heavy atom. The molecule has 0 bridgehead atoms. The zero-order valence-corrected chi connectivity index (χ0v) is 14.4. The number of hydrogen-bond acceptors (Lipinski definition) is 4. The number of para-hydroxylation sites is 1. The minimum Gasteiger partial charge on any atom is -0.324 e. The molecule has 3 aromatic rings. The van der Waals surface area contributed by atoms with Crippen molar-refractivity contribution in [2.75, 3.05) is 5.32 Å². The molecule has 9 heteroatoms. The number of nitrogens with one attached hydrogen (secondary N) is 1. The molecule has 0 atom stereocenters. The number of carbonyl (C=O) groups excluding carboxylic acids is 1. The average molecular weight is 375 g/mol. The largest absolute Gasteiger partial charge is 0.418 e. The molecule has 0 spiro atoms. The van der Waals surface area contributed by atoms with Crippen LogP contribution in [0.1, 0.15) is 18.1 Å². The molecule has 0 fully saturated rings. The van der Waals surface area contributed by atoms with Crippen molar-refractivity contribution >= 4 is 11.6 Å². The molecule has 0 saturated heterocycles. The van der Waals surface area contributed by atoms with Crippen LogP contribution in [0.25, 0.3) is 11.4 Å². The third-order valence-electron chi connectivity index (χ3n) is 3.86. The van der Waals surface area contributed by atoms with Gasteiger partial charge in [-0.05, 0) is 29.3 Å². The summed E-state index contributed by atoms with van der Waals surface area (Å²) in [5.74, 6) is -0.349. The minimum atomic E-state index is -4.56. The van der Waals surface area contributed by atoms with E-state index in [-0.39, 0.29) is 12.2 Å². The molecule has 140 valence electrons. The van der Waals surface area contributed by atoms with Gasteiger partial charge in [-0.25, -0.2) is 0 Å². The molecule has 0 aliphatic heterocycles. The smallest absolute Gasteiger partial charge is 0.324 e. The number of nitrogens with zero attached hydrogens (tertiary/aromatic N) is 4. The lowest BCUT2D eigenvalue weighted by atomic mass is 10.1. The molecular weight excluding hydrogens is 359 g/mol. The van der Waals surface area contributed by atoms with Crippen LogP contribution in [0.3, 0.4) is 0 Å². The number of benzene rings is 2. The molecule has 3 rings (SSSR count). The average Bonchev–Trinajstić information content (AvgIpc) is 3.09. The molecule has 0 aliphatic carbocycles. The minimum absolute atomic E-state index is 0.314. The maximum atomic E-state index is 13.0. The van der Waals surface area contributed by atoms with Gasteiger partial charge in [0.25, 0.3) is 0 Å². The van der Waals surface area contributed by atoms with E-state index in [4.69, 9.17) is 0 Å². The molecule has 1 aromatic heterocycles. The monoisotopic (exact) mass is 375 g/mol. The summed E-state index contributed by atoms with van der Waals surface area (Å²) in [5.41, 5.74) is 0.669. The first-order valence-electron chi connectivity index (χ1n) is 8.20. The maximum absolute atomic E-state index is 13.0. The standard InChI is InChI=1S/C18H16F3N5O/c1-2-12-7-9-13(10-8-12)17-23-25-26(24-17)11-16(27)22-15-6-4-3-5-14(15)18(19,20)21/h3-10H,2,11H2,1H3,(H,22,27). The fourth-order valence-electron chi connectivity index (χ4n) is 2.47. The molecule has 1 heterocycles. The lowest BCUT2D eigenvalue weighted by molar-refractivity contribution is -0.137. The summed E-state index contributed by atoms with van der Waals surface area (Å²) in [5, 5.41) is 14.0. The molecule has 1 N–H and O–H groups in total. The summed E-state index contributed by atoms with van der Waals surface area (Å²) in [6, 6.07) is 12.3. The van der Waals surface area contributed by atoms with Gasteiger partial charge in [-0.3, -0.25) is 4.79 Å². The van der Waals surface area contributed by atoms with Crippen LogP contribution in [0, 0.1) is 0 Å². The predicted octanol–water partition coefficient (Wildman–Crippen LogP) is 3.56. The van der Waals surface area contributed by atoms with Gasteiger partial charge in [-0.2, -0.15) is 18.0 Å². The first-order valence-corrected chi connectivity index (χ1v) is 8.20. The van der Waals surface area contributed by atoms with E-state index < -0.39 is 17.6 Å². The Hall–Kier alpha value is -3.23. The number of amides is 1. The second-order valence-electron chi connectivity index (χ2n) is 5.79. The Labute approximate surface area is 153 Å². The summed E-state index contributed by atoms with van der Waals surface area (Å²) in [6.07, 6.45) is -3.66. The van der Waals surface area contributed by atoms with Crippen LogP contribution in [0.5, 0.6) is 0 Å². The van der Waals surface area contributed by atoms with Gasteiger partial charge < -0.3 is 5.32 Å². The van der Waals surface area contributed by atoms with Gasteiger partial charge in [0.15, 0.2) is 0 Å². The van der Waals surface area contributed by atoms with Gasteiger partial charge in [-0.1, -0.05) is 43.3 Å². The predicted molar refractivity (Wildman–Crippen MR) is 92.7 cm³/mol. The van der Waals surface area contributed by atoms with E-state index in [9.17, 15) is 18.0 Å². The van der Waals surface area contributed by atoms with E-state index >= 15 is 0 Å². The first-order chi connectivity index (χ1) is 12.9. The van der Waals surface area contributed by atoms with Gasteiger partial charge >= 0.3 is 6.18 Å². The summed E-state index contributed by atoms with van der Waals surface area (Å²) in [6.45, 7) is 1.69. The first kappa shape index (κ1) is 18.6. The fourth-order valence-corrected chi connectivity index (χ4v) is 2.47. The number of carbonyl (C=O) groups is 1. The van der Waals surface area contributed by atoms with Crippen molar-refractivity contribution in [3.8, 4) is 11.4 Å². The van der Waals surface area contributed by atoms with Crippen LogP contribution in [0.4, 0.5) is 18.9 Å². The Morgan fingerprint density at radius 2 is 1.81 bits per heavy atom. The van der Waals surface area contributed by atoms with Crippen LogP contribution in [0.15, 0.2) is 48.5 Å². The third-order valence-corrected chi connectivity index (χ3v) is 3.86. The highest BCUT2D eigenvalue weighted by Gasteiger charge is 2.33. The van der Waals surface area contributed by atoms with E-state index in [2.05, 4.69) is 20.7 Å². The zero-order chi connectivity index (χ0) is 19.4. The number of alkyl halides is 3. The molecular formula is C18H16F3N5O. The van der Waals surface area contributed by atoms with Crippen molar-refractivity contribution < 1.29 is 18.0 Å². The Bertz CT molecular complexity index is 935. The normalized spacial score (nSPS) is 11.4. The van der Waals surface area contributed by atoms with Crippen LogP contribution >= 0.6 is 0 Å². The molecule has 2 aromatic carbocycles. The second kappa shape index (κ2) is 7.56. The van der Waals surface area contributed by atoms with Crippen molar-refractivity contribution in [2.24, 2.45) is 0 Å². The highest BCUT2D eigenvalue weighted by molar-refractivity contribution is 5.91. The number of hydrogen-bond donors (Lipinski definition) is 1. The topological polar surface area (TPSA) is 72.7 Å². The van der Waals surface area contributed by atoms with Gasteiger partial charge in [0.2, 0.25) is 11.7 Å². The molecule has 0 unspecified atom stereocenters. The van der Waals surface area contributed by atoms with Gasteiger partial charge in [-0.15, -0.1) is 10.2 Å². The maximum Gasteiger partial charge on any atom is 0.418 e. The molecule has 0 saturated carbocycles. The number of aromatic nitrogens is 4. The number of anilines is 1. The van der Waals surface area contributed by atoms with Crippen molar-refractivity contribution in [2.45, 2.75) is 26.1 Å². The Kier molecular flexibility index (Phi) is 5.20. The van der Waals surface area contributed by atoms with E-state index in [0.717, 1.165) is 28.4 Å². The highest BCUT2D eigenvalue weighted by Crippen LogP contribution is 2.34.